The van der Waals surface area contributed by atoms with Gasteiger partial charge >= 0.3 is 0 Å². The molecule has 7 nitrogen and oxygen atoms in total. The molecule has 1 aromatic carbocycles. The number of H-pyrrole nitrogens is 1. The topological polar surface area (TPSA) is 88.7 Å². The van der Waals surface area contributed by atoms with E-state index in [1.165, 1.54) is 0 Å². The summed E-state index contributed by atoms with van der Waals surface area (Å²) < 4.78 is 7.81. The third-order valence-electron chi connectivity index (χ3n) is 4.86. The van der Waals surface area contributed by atoms with Gasteiger partial charge in [0.15, 0.2) is 5.76 Å². The Morgan fingerprint density at radius 1 is 1.15 bits per heavy atom. The van der Waals surface area contributed by atoms with Crippen LogP contribution < -0.4 is 5.32 Å². The zero-order chi connectivity index (χ0) is 18.4. The lowest BCUT2D eigenvalue weighted by Crippen LogP contribution is -2.24. The van der Waals surface area contributed by atoms with Crippen molar-refractivity contribution in [3.05, 3.63) is 66.1 Å². The maximum atomic E-state index is 12.3. The molecule has 7 heteroatoms. The van der Waals surface area contributed by atoms with E-state index in [0.29, 0.717) is 12.2 Å². The molecule has 1 amide bonds. The fourth-order valence-electron chi connectivity index (χ4n) is 3.62. The minimum absolute atomic E-state index is 0.0467. The van der Waals surface area contributed by atoms with Gasteiger partial charge in [-0.05, 0) is 18.2 Å². The molecule has 1 aliphatic heterocycles. The Morgan fingerprint density at radius 2 is 2.00 bits per heavy atom. The molecule has 1 unspecified atom stereocenters. The van der Waals surface area contributed by atoms with Crippen LogP contribution in [0.2, 0.25) is 0 Å². The Bertz CT molecular complexity index is 1110. The Balaban J connectivity index is 1.65. The van der Waals surface area contributed by atoms with E-state index in [4.69, 9.17) is 4.42 Å². The van der Waals surface area contributed by atoms with Gasteiger partial charge in [0.25, 0.3) is 0 Å². The molecule has 5 rings (SSSR count). The summed E-state index contributed by atoms with van der Waals surface area (Å²) >= 11 is 0. The number of benzene rings is 1. The number of aromatic amines is 1. The molecular formula is C20H17N5O2. The molecule has 0 spiro atoms. The fraction of sp³-hybridized carbons (Fsp3) is 0.150. The second-order valence-corrected chi connectivity index (χ2v) is 6.58. The molecule has 4 heterocycles. The lowest BCUT2D eigenvalue weighted by molar-refractivity contribution is -0.116. The average molecular weight is 359 g/mol. The van der Waals surface area contributed by atoms with Crippen LogP contribution in [-0.2, 0) is 11.8 Å². The number of carbonyl (C=O) groups is 1. The van der Waals surface area contributed by atoms with Crippen molar-refractivity contribution in [3.8, 4) is 22.7 Å². The van der Waals surface area contributed by atoms with Gasteiger partial charge in [0.1, 0.15) is 17.3 Å². The van der Waals surface area contributed by atoms with Crippen molar-refractivity contribution in [2.24, 2.45) is 7.05 Å². The lowest BCUT2D eigenvalue weighted by atomic mass is 9.88. The third kappa shape index (κ3) is 2.55. The second-order valence-electron chi connectivity index (χ2n) is 6.58. The molecule has 134 valence electrons. The Labute approximate surface area is 155 Å². The number of anilines is 1. The highest BCUT2D eigenvalue weighted by Gasteiger charge is 2.35. The Morgan fingerprint density at radius 3 is 2.78 bits per heavy atom. The van der Waals surface area contributed by atoms with Gasteiger partial charge in [-0.2, -0.15) is 10.2 Å². The molecule has 0 saturated carbocycles. The van der Waals surface area contributed by atoms with Gasteiger partial charge in [0.05, 0.1) is 11.6 Å². The molecule has 0 radical (unpaired) electrons. The van der Waals surface area contributed by atoms with Gasteiger partial charge in [-0.15, -0.1) is 0 Å². The van der Waals surface area contributed by atoms with Gasteiger partial charge < -0.3 is 9.73 Å². The fourth-order valence-corrected chi connectivity index (χ4v) is 3.62. The van der Waals surface area contributed by atoms with Crippen molar-refractivity contribution in [2.45, 2.75) is 12.3 Å². The number of hydrogen-bond donors (Lipinski definition) is 2. The molecule has 0 bridgehead atoms. The summed E-state index contributed by atoms with van der Waals surface area (Å²) in [4.78, 5) is 12.3. The Kier molecular flexibility index (Phi) is 3.46. The zero-order valence-corrected chi connectivity index (χ0v) is 14.6. The minimum atomic E-state index is -0.200. The number of nitrogens with zero attached hydrogens (tertiary/aromatic N) is 3. The molecule has 0 saturated heterocycles. The van der Waals surface area contributed by atoms with E-state index < -0.39 is 0 Å². The van der Waals surface area contributed by atoms with E-state index in [2.05, 4.69) is 20.6 Å². The highest BCUT2D eigenvalue weighted by molar-refractivity contribution is 5.96. The van der Waals surface area contributed by atoms with Gasteiger partial charge in [-0.1, -0.05) is 30.3 Å². The number of amides is 1. The highest BCUT2D eigenvalue weighted by Crippen LogP contribution is 2.43. The number of hydrogen-bond acceptors (Lipinski definition) is 4. The second kappa shape index (κ2) is 5.98. The summed E-state index contributed by atoms with van der Waals surface area (Å²) in [5, 5.41) is 14.5. The smallest absolute Gasteiger partial charge is 0.226 e. The summed E-state index contributed by atoms with van der Waals surface area (Å²) in [6.45, 7) is 0. The molecular weight excluding hydrogens is 342 g/mol. The molecule has 1 atom stereocenters. The van der Waals surface area contributed by atoms with E-state index in [0.717, 1.165) is 34.1 Å². The van der Waals surface area contributed by atoms with Crippen molar-refractivity contribution in [2.75, 3.05) is 5.32 Å². The van der Waals surface area contributed by atoms with E-state index in [9.17, 15) is 4.79 Å². The first kappa shape index (κ1) is 15.6. The molecule has 4 aromatic rings. The van der Waals surface area contributed by atoms with Crippen molar-refractivity contribution in [1.29, 1.82) is 0 Å². The van der Waals surface area contributed by atoms with Gasteiger partial charge in [-0.3, -0.25) is 14.6 Å². The number of aryl methyl sites for hydroxylation is 1. The van der Waals surface area contributed by atoms with Crippen LogP contribution in [0.15, 0.2) is 59.1 Å². The zero-order valence-electron chi connectivity index (χ0n) is 14.6. The van der Waals surface area contributed by atoms with Crippen LogP contribution in [0.25, 0.3) is 22.7 Å². The molecule has 1 aliphatic rings. The van der Waals surface area contributed by atoms with Crippen LogP contribution in [0, 0.1) is 0 Å². The normalized spacial score (nSPS) is 16.2. The van der Waals surface area contributed by atoms with Gasteiger partial charge in [0.2, 0.25) is 5.91 Å². The minimum Gasteiger partial charge on any atom is -0.459 e. The highest BCUT2D eigenvalue weighted by atomic mass is 16.3. The predicted octanol–water partition coefficient (Wildman–Crippen LogP) is 3.54. The largest absolute Gasteiger partial charge is 0.459 e. The summed E-state index contributed by atoms with van der Waals surface area (Å²) in [7, 11) is 1.84. The molecule has 2 N–H and O–H groups in total. The summed E-state index contributed by atoms with van der Waals surface area (Å²) in [5.41, 5.74) is 3.65. The first-order chi connectivity index (χ1) is 13.2. The van der Waals surface area contributed by atoms with Crippen molar-refractivity contribution < 1.29 is 9.21 Å². The summed E-state index contributed by atoms with van der Waals surface area (Å²) in [6.07, 6.45) is 1.99. The number of rotatable bonds is 3. The summed E-state index contributed by atoms with van der Waals surface area (Å²) in [5.74, 6) is 1.90. The molecule has 3 aromatic heterocycles. The van der Waals surface area contributed by atoms with E-state index in [1.54, 1.807) is 10.9 Å². The molecule has 0 aliphatic carbocycles. The predicted molar refractivity (Wildman–Crippen MR) is 100 cm³/mol. The number of carbonyl (C=O) groups excluding carboxylic acids is 1. The van der Waals surface area contributed by atoms with Gasteiger partial charge in [-0.25, -0.2) is 0 Å². The monoisotopic (exact) mass is 359 g/mol. The molecule has 27 heavy (non-hydrogen) atoms. The number of aromatic nitrogens is 4. The van der Waals surface area contributed by atoms with Crippen LogP contribution in [0.4, 0.5) is 5.82 Å². The van der Waals surface area contributed by atoms with Gasteiger partial charge in [0, 0.05) is 30.8 Å². The van der Waals surface area contributed by atoms with Crippen molar-refractivity contribution >= 4 is 11.7 Å². The first-order valence-electron chi connectivity index (χ1n) is 8.72. The van der Waals surface area contributed by atoms with Crippen LogP contribution in [0.1, 0.15) is 23.7 Å². The van der Waals surface area contributed by atoms with E-state index >= 15 is 0 Å². The maximum Gasteiger partial charge on any atom is 0.226 e. The number of furan rings is 1. The Hall–Kier alpha value is -3.61. The van der Waals surface area contributed by atoms with Crippen LogP contribution in [-0.4, -0.2) is 25.9 Å². The van der Waals surface area contributed by atoms with E-state index in [1.807, 2.05) is 55.6 Å². The quantitative estimate of drug-likeness (QED) is 0.585. The van der Waals surface area contributed by atoms with Crippen molar-refractivity contribution in [3.63, 3.8) is 0 Å². The standard InChI is InChI=1S/C20H17N5O2/c1-25-20-18(19(24-25)12-5-3-2-4-6-12)13(11-17(26)22-20)15-7-8-16(27-15)14-9-10-21-23-14/h2-10,13H,11H2,1H3,(H,21,23)(H,22,26). The SMILES string of the molecule is Cn1nc(-c2ccccc2)c2c1NC(=O)CC2c1ccc(-c2ccn[nH]2)o1. The third-order valence-corrected chi connectivity index (χ3v) is 4.86. The van der Waals surface area contributed by atoms with Crippen LogP contribution in [0.5, 0.6) is 0 Å². The van der Waals surface area contributed by atoms with Crippen LogP contribution >= 0.6 is 0 Å². The first-order valence-corrected chi connectivity index (χ1v) is 8.72. The average Bonchev–Trinajstić information content (AvgIpc) is 3.42. The summed E-state index contributed by atoms with van der Waals surface area (Å²) in [6, 6.07) is 15.6. The van der Waals surface area contributed by atoms with Crippen LogP contribution in [0.3, 0.4) is 0 Å². The number of fused-ring (bicyclic) bond motifs is 1. The lowest BCUT2D eigenvalue weighted by Gasteiger charge is -2.22. The maximum absolute atomic E-state index is 12.3. The van der Waals surface area contributed by atoms with Crippen molar-refractivity contribution in [1.82, 2.24) is 20.0 Å². The number of nitrogens with one attached hydrogen (secondary N) is 2. The molecule has 0 fully saturated rings. The van der Waals surface area contributed by atoms with E-state index in [-0.39, 0.29) is 11.8 Å².